The molecule has 0 aliphatic carbocycles. The number of imidazole rings is 1. The predicted molar refractivity (Wildman–Crippen MR) is 103 cm³/mol. The number of nitrogens with zero attached hydrogens (tertiary/aromatic N) is 4. The van der Waals surface area contributed by atoms with E-state index in [-0.39, 0.29) is 5.91 Å². The molecule has 0 aliphatic rings. The van der Waals surface area contributed by atoms with Crippen molar-refractivity contribution < 1.29 is 4.79 Å². The fraction of sp³-hybridized carbons (Fsp3) is 0.0952. The molecular weight excluding hydrogens is 338 g/mol. The molecule has 1 amide bonds. The van der Waals surface area contributed by atoms with Crippen molar-refractivity contribution in [3.05, 3.63) is 96.3 Å². The van der Waals surface area contributed by atoms with Gasteiger partial charge in [-0.2, -0.15) is 5.10 Å². The molecule has 0 unspecified atom stereocenters. The lowest BCUT2D eigenvalue weighted by Gasteiger charge is -2.10. The average Bonchev–Trinajstić information content (AvgIpc) is 3.34. The first-order chi connectivity index (χ1) is 13.2. The van der Waals surface area contributed by atoms with Crippen LogP contribution in [0.4, 0.5) is 0 Å². The summed E-state index contributed by atoms with van der Waals surface area (Å²) in [6.07, 6.45) is 5.27. The van der Waals surface area contributed by atoms with Crippen molar-refractivity contribution in [2.45, 2.75) is 13.5 Å². The summed E-state index contributed by atoms with van der Waals surface area (Å²) in [5.41, 5.74) is 3.33. The summed E-state index contributed by atoms with van der Waals surface area (Å²) in [6, 6.07) is 19.6. The first-order valence-corrected chi connectivity index (χ1v) is 8.69. The molecule has 6 heteroatoms. The summed E-state index contributed by atoms with van der Waals surface area (Å²) in [6.45, 7) is 2.28. The molecule has 6 nitrogen and oxygen atoms in total. The number of benzene rings is 2. The minimum atomic E-state index is -0.174. The highest BCUT2D eigenvalue weighted by Gasteiger charge is 2.15. The summed E-state index contributed by atoms with van der Waals surface area (Å²) in [5.74, 6) is 0.593. The summed E-state index contributed by atoms with van der Waals surface area (Å²) in [5, 5.41) is 7.30. The summed E-state index contributed by atoms with van der Waals surface area (Å²) in [4.78, 5) is 17.0. The van der Waals surface area contributed by atoms with Crippen LogP contribution in [0.1, 0.15) is 21.9 Å². The maximum atomic E-state index is 12.7. The van der Waals surface area contributed by atoms with E-state index < -0.39 is 0 Å². The molecule has 4 aromatic rings. The Morgan fingerprint density at radius 1 is 0.963 bits per heavy atom. The highest BCUT2D eigenvalue weighted by molar-refractivity contribution is 5.93. The molecular formula is C21H19N5O. The van der Waals surface area contributed by atoms with E-state index in [1.165, 1.54) is 0 Å². The number of aromatic nitrogens is 4. The van der Waals surface area contributed by atoms with Gasteiger partial charge in [0.1, 0.15) is 11.5 Å². The number of para-hydroxylation sites is 2. The van der Waals surface area contributed by atoms with E-state index in [1.807, 2.05) is 78.4 Å². The van der Waals surface area contributed by atoms with E-state index in [0.717, 1.165) is 22.8 Å². The van der Waals surface area contributed by atoms with Gasteiger partial charge in [0.05, 0.1) is 18.1 Å². The molecule has 134 valence electrons. The zero-order valence-electron chi connectivity index (χ0n) is 14.9. The number of rotatable bonds is 5. The molecule has 0 radical (unpaired) electrons. The van der Waals surface area contributed by atoms with Crippen LogP contribution < -0.4 is 5.32 Å². The van der Waals surface area contributed by atoms with Gasteiger partial charge in [-0.3, -0.25) is 9.36 Å². The quantitative estimate of drug-likeness (QED) is 0.596. The lowest BCUT2D eigenvalue weighted by atomic mass is 10.3. The van der Waals surface area contributed by atoms with Crippen LogP contribution in [0.5, 0.6) is 0 Å². The Hall–Kier alpha value is -3.67. The lowest BCUT2D eigenvalue weighted by molar-refractivity contribution is 0.0944. The van der Waals surface area contributed by atoms with Crippen molar-refractivity contribution >= 4 is 5.91 Å². The van der Waals surface area contributed by atoms with Gasteiger partial charge < -0.3 is 5.32 Å². The highest BCUT2D eigenvalue weighted by Crippen LogP contribution is 2.14. The molecule has 0 saturated heterocycles. The molecule has 0 spiro atoms. The third-order valence-electron chi connectivity index (χ3n) is 4.30. The van der Waals surface area contributed by atoms with E-state index in [4.69, 9.17) is 0 Å². The van der Waals surface area contributed by atoms with Crippen molar-refractivity contribution in [2.75, 3.05) is 0 Å². The number of hydrogen-bond acceptors (Lipinski definition) is 3. The van der Waals surface area contributed by atoms with Crippen molar-refractivity contribution in [3.63, 3.8) is 0 Å². The lowest BCUT2D eigenvalue weighted by Crippen LogP contribution is -2.25. The van der Waals surface area contributed by atoms with Crippen LogP contribution in [0.3, 0.4) is 0 Å². The molecule has 27 heavy (non-hydrogen) atoms. The monoisotopic (exact) mass is 357 g/mol. The maximum absolute atomic E-state index is 12.7. The van der Waals surface area contributed by atoms with Gasteiger partial charge in [0.2, 0.25) is 0 Å². The first-order valence-electron chi connectivity index (χ1n) is 8.69. The third kappa shape index (κ3) is 3.50. The Labute approximate surface area is 157 Å². The normalized spacial score (nSPS) is 10.7. The molecule has 0 atom stereocenters. The van der Waals surface area contributed by atoms with Gasteiger partial charge >= 0.3 is 0 Å². The van der Waals surface area contributed by atoms with Crippen LogP contribution in [0, 0.1) is 6.92 Å². The van der Waals surface area contributed by atoms with Crippen LogP contribution in [0.15, 0.2) is 79.3 Å². The summed E-state index contributed by atoms with van der Waals surface area (Å²) < 4.78 is 3.64. The maximum Gasteiger partial charge on any atom is 0.270 e. The zero-order valence-corrected chi connectivity index (χ0v) is 14.9. The van der Waals surface area contributed by atoms with Crippen molar-refractivity contribution in [2.24, 2.45) is 0 Å². The molecule has 0 fully saturated rings. The van der Waals surface area contributed by atoms with Crippen molar-refractivity contribution in [1.82, 2.24) is 24.6 Å². The molecule has 2 heterocycles. The van der Waals surface area contributed by atoms with Gasteiger partial charge in [-0.15, -0.1) is 0 Å². The average molecular weight is 357 g/mol. The topological polar surface area (TPSA) is 64.7 Å². The second-order valence-corrected chi connectivity index (χ2v) is 6.17. The fourth-order valence-corrected chi connectivity index (χ4v) is 2.95. The van der Waals surface area contributed by atoms with Gasteiger partial charge in [-0.1, -0.05) is 36.4 Å². The van der Waals surface area contributed by atoms with Crippen LogP contribution in [0.25, 0.3) is 11.4 Å². The number of carbonyl (C=O) groups excluding carboxylic acids is 1. The van der Waals surface area contributed by atoms with Gasteiger partial charge in [0, 0.05) is 24.0 Å². The Morgan fingerprint density at radius 2 is 1.63 bits per heavy atom. The van der Waals surface area contributed by atoms with Gasteiger partial charge in [-0.25, -0.2) is 9.67 Å². The van der Waals surface area contributed by atoms with Crippen LogP contribution >= 0.6 is 0 Å². The number of nitrogens with one attached hydrogen (secondary N) is 1. The van der Waals surface area contributed by atoms with Crippen LogP contribution in [-0.2, 0) is 6.54 Å². The first kappa shape index (κ1) is 16.8. The number of hydrogen-bond donors (Lipinski definition) is 1. The van der Waals surface area contributed by atoms with E-state index in [1.54, 1.807) is 17.1 Å². The van der Waals surface area contributed by atoms with Gasteiger partial charge in [0.15, 0.2) is 0 Å². The number of carbonyl (C=O) groups is 1. The molecule has 2 aromatic carbocycles. The highest BCUT2D eigenvalue weighted by atomic mass is 16.1. The van der Waals surface area contributed by atoms with E-state index in [9.17, 15) is 4.79 Å². The Morgan fingerprint density at radius 3 is 2.33 bits per heavy atom. The zero-order chi connectivity index (χ0) is 18.6. The Bertz CT molecular complexity index is 1050. The summed E-state index contributed by atoms with van der Waals surface area (Å²) in [7, 11) is 0. The SMILES string of the molecule is Cc1ncc(C(=O)NCc2cnn(-c3ccccc3)c2)n1-c1ccccc1. The smallest absolute Gasteiger partial charge is 0.270 e. The second-order valence-electron chi connectivity index (χ2n) is 6.17. The minimum Gasteiger partial charge on any atom is -0.347 e. The molecule has 2 aromatic heterocycles. The molecule has 0 aliphatic heterocycles. The Kier molecular flexibility index (Phi) is 4.53. The van der Waals surface area contributed by atoms with Crippen LogP contribution in [-0.4, -0.2) is 25.2 Å². The molecule has 4 rings (SSSR count). The molecule has 0 bridgehead atoms. The Balaban J connectivity index is 1.49. The van der Waals surface area contributed by atoms with Gasteiger partial charge in [0.25, 0.3) is 5.91 Å². The predicted octanol–water partition coefficient (Wildman–Crippen LogP) is 3.30. The molecule has 0 saturated carbocycles. The van der Waals surface area contributed by atoms with Crippen molar-refractivity contribution in [3.8, 4) is 11.4 Å². The van der Waals surface area contributed by atoms with E-state index in [2.05, 4.69) is 15.4 Å². The van der Waals surface area contributed by atoms with E-state index >= 15 is 0 Å². The summed E-state index contributed by atoms with van der Waals surface area (Å²) >= 11 is 0. The fourth-order valence-electron chi connectivity index (χ4n) is 2.95. The van der Waals surface area contributed by atoms with Gasteiger partial charge in [-0.05, 0) is 31.2 Å². The number of amides is 1. The van der Waals surface area contributed by atoms with E-state index in [0.29, 0.717) is 12.2 Å². The number of aryl methyl sites for hydroxylation is 1. The van der Waals surface area contributed by atoms with Crippen molar-refractivity contribution in [1.29, 1.82) is 0 Å². The largest absolute Gasteiger partial charge is 0.347 e. The second kappa shape index (κ2) is 7.29. The minimum absolute atomic E-state index is 0.174. The standard InChI is InChI=1S/C21H19N5O/c1-16-22-14-20(26(16)19-10-6-3-7-11-19)21(27)23-12-17-13-24-25(15-17)18-8-4-2-5-9-18/h2-11,13-15H,12H2,1H3,(H,23,27). The third-order valence-corrected chi connectivity index (χ3v) is 4.30. The molecule has 1 N–H and O–H groups in total. The van der Waals surface area contributed by atoms with Crippen LogP contribution in [0.2, 0.25) is 0 Å².